The van der Waals surface area contributed by atoms with Crippen LogP contribution in [0, 0.1) is 5.92 Å². The van der Waals surface area contributed by atoms with Gasteiger partial charge in [0, 0.05) is 16.8 Å². The standard InChI is InChI=1S/C13H14BrNO3/c14-10-3-1-2-8(6-10)7-11(13(17)18)15-12(16)9-4-5-9/h1-3,6,9,11H,4-5,7H2,(H,15,16)(H,17,18)/t11-/m1/s1. The van der Waals surface area contributed by atoms with E-state index in [1.165, 1.54) is 0 Å². The molecule has 5 heteroatoms. The summed E-state index contributed by atoms with van der Waals surface area (Å²) in [4.78, 5) is 22.7. The number of halogens is 1. The summed E-state index contributed by atoms with van der Waals surface area (Å²) in [5, 5.41) is 11.7. The number of carbonyl (C=O) groups excluding carboxylic acids is 1. The van der Waals surface area contributed by atoms with Gasteiger partial charge >= 0.3 is 5.97 Å². The molecule has 0 radical (unpaired) electrons. The van der Waals surface area contributed by atoms with E-state index >= 15 is 0 Å². The predicted molar refractivity (Wildman–Crippen MR) is 70.1 cm³/mol. The lowest BCUT2D eigenvalue weighted by Crippen LogP contribution is -2.43. The fourth-order valence-electron chi connectivity index (χ4n) is 1.73. The highest BCUT2D eigenvalue weighted by Gasteiger charge is 2.32. The number of benzene rings is 1. The van der Waals surface area contributed by atoms with Crippen LogP contribution < -0.4 is 5.32 Å². The van der Waals surface area contributed by atoms with E-state index < -0.39 is 12.0 Å². The zero-order valence-corrected chi connectivity index (χ0v) is 11.3. The van der Waals surface area contributed by atoms with Crippen LogP contribution >= 0.6 is 15.9 Å². The van der Waals surface area contributed by atoms with Gasteiger partial charge in [0.2, 0.25) is 5.91 Å². The van der Waals surface area contributed by atoms with Gasteiger partial charge in [-0.3, -0.25) is 4.79 Å². The lowest BCUT2D eigenvalue weighted by atomic mass is 10.1. The van der Waals surface area contributed by atoms with Crippen molar-refractivity contribution in [3.8, 4) is 0 Å². The van der Waals surface area contributed by atoms with Gasteiger partial charge in [-0.2, -0.15) is 0 Å². The summed E-state index contributed by atoms with van der Waals surface area (Å²) in [5.41, 5.74) is 0.882. The first kappa shape index (κ1) is 13.1. The van der Waals surface area contributed by atoms with E-state index in [1.54, 1.807) is 0 Å². The molecule has 1 aromatic carbocycles. The zero-order valence-electron chi connectivity index (χ0n) is 9.73. The Morgan fingerprint density at radius 1 is 1.44 bits per heavy atom. The maximum Gasteiger partial charge on any atom is 0.326 e. The summed E-state index contributed by atoms with van der Waals surface area (Å²) < 4.78 is 0.901. The van der Waals surface area contributed by atoms with Crippen molar-refractivity contribution >= 4 is 27.8 Å². The van der Waals surface area contributed by atoms with Gasteiger partial charge in [-0.1, -0.05) is 28.1 Å². The summed E-state index contributed by atoms with van der Waals surface area (Å²) in [5.74, 6) is -1.12. The van der Waals surface area contributed by atoms with Crippen LogP contribution in [0.4, 0.5) is 0 Å². The monoisotopic (exact) mass is 311 g/mol. The fraction of sp³-hybridized carbons (Fsp3) is 0.385. The van der Waals surface area contributed by atoms with Crippen LogP contribution in [-0.2, 0) is 16.0 Å². The molecule has 1 saturated carbocycles. The lowest BCUT2D eigenvalue weighted by Gasteiger charge is -2.14. The van der Waals surface area contributed by atoms with Crippen LogP contribution in [0.3, 0.4) is 0 Å². The molecule has 2 rings (SSSR count). The molecule has 0 aliphatic heterocycles. The summed E-state index contributed by atoms with van der Waals surface area (Å²) in [6.07, 6.45) is 2.04. The smallest absolute Gasteiger partial charge is 0.326 e. The molecule has 0 spiro atoms. The number of carbonyl (C=O) groups is 2. The third-order valence-electron chi connectivity index (χ3n) is 2.89. The lowest BCUT2D eigenvalue weighted by molar-refractivity contribution is -0.142. The molecule has 1 amide bonds. The Bertz CT molecular complexity index is 471. The molecule has 0 bridgehead atoms. The van der Waals surface area contributed by atoms with E-state index in [0.29, 0.717) is 6.42 Å². The second-order valence-corrected chi connectivity index (χ2v) is 5.42. The van der Waals surface area contributed by atoms with Crippen LogP contribution in [0.25, 0.3) is 0 Å². The van der Waals surface area contributed by atoms with Gasteiger partial charge in [0.1, 0.15) is 6.04 Å². The quantitative estimate of drug-likeness (QED) is 0.873. The van der Waals surface area contributed by atoms with E-state index in [1.807, 2.05) is 24.3 Å². The van der Waals surface area contributed by atoms with Crippen molar-refractivity contribution in [2.24, 2.45) is 5.92 Å². The van der Waals surface area contributed by atoms with Crippen molar-refractivity contribution in [1.82, 2.24) is 5.32 Å². The minimum atomic E-state index is -0.996. The molecule has 2 N–H and O–H groups in total. The number of rotatable bonds is 5. The number of carboxylic acid groups (broad SMARTS) is 1. The fourth-order valence-corrected chi connectivity index (χ4v) is 2.18. The van der Waals surface area contributed by atoms with Crippen molar-refractivity contribution in [3.63, 3.8) is 0 Å². The Morgan fingerprint density at radius 3 is 2.72 bits per heavy atom. The molecule has 1 aliphatic carbocycles. The van der Waals surface area contributed by atoms with E-state index in [9.17, 15) is 9.59 Å². The number of hydrogen-bond acceptors (Lipinski definition) is 2. The minimum absolute atomic E-state index is 0.0226. The molecule has 1 aliphatic rings. The third-order valence-corrected chi connectivity index (χ3v) is 3.38. The molecule has 0 saturated heterocycles. The maximum atomic E-state index is 11.6. The van der Waals surface area contributed by atoms with Crippen molar-refractivity contribution in [2.75, 3.05) is 0 Å². The van der Waals surface area contributed by atoms with Crippen molar-refractivity contribution in [3.05, 3.63) is 34.3 Å². The number of carboxylic acids is 1. The molecule has 1 fully saturated rings. The van der Waals surface area contributed by atoms with Crippen LogP contribution in [0.1, 0.15) is 18.4 Å². The van der Waals surface area contributed by atoms with Crippen LogP contribution in [0.2, 0.25) is 0 Å². The number of amides is 1. The van der Waals surface area contributed by atoms with E-state index in [4.69, 9.17) is 5.11 Å². The van der Waals surface area contributed by atoms with Crippen molar-refractivity contribution in [1.29, 1.82) is 0 Å². The number of nitrogens with one attached hydrogen (secondary N) is 1. The van der Waals surface area contributed by atoms with Crippen LogP contribution in [0.5, 0.6) is 0 Å². The Morgan fingerprint density at radius 2 is 2.17 bits per heavy atom. The molecule has 0 aromatic heterocycles. The Balaban J connectivity index is 2.01. The Kier molecular flexibility index (Phi) is 4.01. The van der Waals surface area contributed by atoms with Gasteiger partial charge in [0.15, 0.2) is 0 Å². The summed E-state index contributed by atoms with van der Waals surface area (Å²) >= 11 is 3.34. The summed E-state index contributed by atoms with van der Waals surface area (Å²) in [7, 11) is 0. The highest BCUT2D eigenvalue weighted by Crippen LogP contribution is 2.29. The topological polar surface area (TPSA) is 66.4 Å². The van der Waals surface area contributed by atoms with Gasteiger partial charge in [-0.15, -0.1) is 0 Å². The van der Waals surface area contributed by atoms with E-state index in [2.05, 4.69) is 21.2 Å². The van der Waals surface area contributed by atoms with E-state index in [0.717, 1.165) is 22.9 Å². The molecule has 4 nitrogen and oxygen atoms in total. The highest BCUT2D eigenvalue weighted by molar-refractivity contribution is 9.10. The molecule has 96 valence electrons. The first-order chi connectivity index (χ1) is 8.56. The first-order valence-corrected chi connectivity index (χ1v) is 6.63. The predicted octanol–water partition coefficient (Wildman–Crippen LogP) is 1.97. The normalized spacial score (nSPS) is 16.1. The van der Waals surface area contributed by atoms with Gasteiger partial charge in [-0.05, 0) is 30.5 Å². The molecule has 1 aromatic rings. The van der Waals surface area contributed by atoms with Crippen LogP contribution in [-0.4, -0.2) is 23.0 Å². The van der Waals surface area contributed by atoms with E-state index in [-0.39, 0.29) is 11.8 Å². The van der Waals surface area contributed by atoms with Gasteiger partial charge in [0.05, 0.1) is 0 Å². The molecular weight excluding hydrogens is 298 g/mol. The molecule has 0 unspecified atom stereocenters. The summed E-state index contributed by atoms with van der Waals surface area (Å²) in [6, 6.07) is 6.58. The Labute approximate surface area is 114 Å². The molecule has 1 atom stereocenters. The second-order valence-electron chi connectivity index (χ2n) is 4.51. The largest absolute Gasteiger partial charge is 0.480 e. The SMILES string of the molecule is O=C(N[C@H](Cc1cccc(Br)c1)C(=O)O)C1CC1. The highest BCUT2D eigenvalue weighted by atomic mass is 79.9. The molecular formula is C13H14BrNO3. The van der Waals surface area contributed by atoms with Crippen molar-refractivity contribution in [2.45, 2.75) is 25.3 Å². The average molecular weight is 312 g/mol. The number of hydrogen-bond donors (Lipinski definition) is 2. The minimum Gasteiger partial charge on any atom is -0.480 e. The number of aliphatic carboxylic acids is 1. The van der Waals surface area contributed by atoms with Gasteiger partial charge < -0.3 is 10.4 Å². The van der Waals surface area contributed by atoms with Crippen molar-refractivity contribution < 1.29 is 14.7 Å². The third kappa shape index (κ3) is 3.57. The maximum absolute atomic E-state index is 11.6. The zero-order chi connectivity index (χ0) is 13.1. The van der Waals surface area contributed by atoms with Gasteiger partial charge in [0.25, 0.3) is 0 Å². The molecule has 0 heterocycles. The second kappa shape index (κ2) is 5.52. The van der Waals surface area contributed by atoms with Crippen LogP contribution in [0.15, 0.2) is 28.7 Å². The average Bonchev–Trinajstić information content (AvgIpc) is 3.11. The summed E-state index contributed by atoms with van der Waals surface area (Å²) in [6.45, 7) is 0. The molecule has 18 heavy (non-hydrogen) atoms. The Hall–Kier alpha value is -1.36. The first-order valence-electron chi connectivity index (χ1n) is 5.84. The van der Waals surface area contributed by atoms with Gasteiger partial charge in [-0.25, -0.2) is 4.79 Å².